The standard InChI is InChI=1S/C18H23NO2/c1-13(2)17(21)12-19-18(14-6-4-3-5-7-14)15-8-10-16(20)11-9-15/h3-11,13,17-21H,12H2,1-2H3. The second kappa shape index (κ2) is 7.25. The smallest absolute Gasteiger partial charge is 0.115 e. The summed E-state index contributed by atoms with van der Waals surface area (Å²) in [5, 5.41) is 22.9. The average molecular weight is 285 g/mol. The van der Waals surface area contributed by atoms with Crippen LogP contribution in [-0.4, -0.2) is 22.9 Å². The van der Waals surface area contributed by atoms with Crippen LogP contribution in [0.1, 0.15) is 31.0 Å². The highest BCUT2D eigenvalue weighted by molar-refractivity contribution is 5.34. The van der Waals surface area contributed by atoms with Crippen LogP contribution in [-0.2, 0) is 0 Å². The van der Waals surface area contributed by atoms with Crippen LogP contribution in [0.15, 0.2) is 54.6 Å². The minimum atomic E-state index is -0.381. The van der Waals surface area contributed by atoms with Crippen molar-refractivity contribution >= 4 is 0 Å². The Balaban J connectivity index is 2.20. The van der Waals surface area contributed by atoms with E-state index in [2.05, 4.69) is 17.4 Å². The third kappa shape index (κ3) is 4.31. The maximum absolute atomic E-state index is 10.0. The van der Waals surface area contributed by atoms with Gasteiger partial charge in [-0.25, -0.2) is 0 Å². The fourth-order valence-corrected chi connectivity index (χ4v) is 2.21. The van der Waals surface area contributed by atoms with Crippen molar-refractivity contribution in [2.75, 3.05) is 6.54 Å². The molecule has 2 atom stereocenters. The van der Waals surface area contributed by atoms with Gasteiger partial charge in [0.15, 0.2) is 0 Å². The summed E-state index contributed by atoms with van der Waals surface area (Å²) in [6, 6.07) is 17.3. The van der Waals surface area contributed by atoms with Gasteiger partial charge < -0.3 is 15.5 Å². The summed E-state index contributed by atoms with van der Waals surface area (Å²) in [7, 11) is 0. The lowest BCUT2D eigenvalue weighted by molar-refractivity contribution is 0.121. The molecule has 3 N–H and O–H groups in total. The summed E-state index contributed by atoms with van der Waals surface area (Å²) < 4.78 is 0. The summed E-state index contributed by atoms with van der Waals surface area (Å²) in [4.78, 5) is 0. The Labute approximate surface area is 126 Å². The van der Waals surface area contributed by atoms with Crippen LogP contribution in [0.2, 0.25) is 0 Å². The summed E-state index contributed by atoms with van der Waals surface area (Å²) in [5.74, 6) is 0.474. The Bertz CT molecular complexity index is 537. The fraction of sp³-hybridized carbons (Fsp3) is 0.333. The van der Waals surface area contributed by atoms with Crippen LogP contribution in [0.4, 0.5) is 0 Å². The first kappa shape index (κ1) is 15.5. The molecule has 0 radical (unpaired) electrons. The van der Waals surface area contributed by atoms with Crippen molar-refractivity contribution in [1.29, 1.82) is 0 Å². The van der Waals surface area contributed by atoms with E-state index in [0.29, 0.717) is 6.54 Å². The molecule has 0 bridgehead atoms. The van der Waals surface area contributed by atoms with E-state index < -0.39 is 0 Å². The lowest BCUT2D eigenvalue weighted by Gasteiger charge is -2.23. The maximum Gasteiger partial charge on any atom is 0.115 e. The molecule has 0 saturated heterocycles. The van der Waals surface area contributed by atoms with Gasteiger partial charge >= 0.3 is 0 Å². The molecule has 2 rings (SSSR count). The molecular formula is C18H23NO2. The van der Waals surface area contributed by atoms with Crippen molar-refractivity contribution in [2.45, 2.75) is 26.0 Å². The number of aliphatic hydroxyl groups excluding tert-OH is 1. The van der Waals surface area contributed by atoms with E-state index in [0.717, 1.165) is 11.1 Å². The van der Waals surface area contributed by atoms with Gasteiger partial charge in [-0.05, 0) is 29.2 Å². The molecule has 2 aromatic rings. The Morgan fingerprint density at radius 1 is 0.905 bits per heavy atom. The van der Waals surface area contributed by atoms with Gasteiger partial charge in [-0.1, -0.05) is 56.3 Å². The van der Waals surface area contributed by atoms with Crippen LogP contribution in [0.25, 0.3) is 0 Å². The van der Waals surface area contributed by atoms with Crippen LogP contribution < -0.4 is 5.32 Å². The summed E-state index contributed by atoms with van der Waals surface area (Å²) in [5.41, 5.74) is 2.20. The molecule has 0 fully saturated rings. The zero-order valence-electron chi connectivity index (χ0n) is 12.5. The SMILES string of the molecule is CC(C)C(O)CNC(c1ccccc1)c1ccc(O)cc1. The minimum absolute atomic E-state index is 0.000185. The van der Waals surface area contributed by atoms with Crippen LogP contribution >= 0.6 is 0 Å². The number of aliphatic hydroxyl groups is 1. The van der Waals surface area contributed by atoms with Gasteiger partial charge in [0.05, 0.1) is 12.1 Å². The molecule has 0 aromatic heterocycles. The highest BCUT2D eigenvalue weighted by Gasteiger charge is 2.16. The fourth-order valence-electron chi connectivity index (χ4n) is 2.21. The number of phenols is 1. The first-order valence-corrected chi connectivity index (χ1v) is 7.33. The maximum atomic E-state index is 10.0. The molecule has 0 saturated carbocycles. The number of hydrogen-bond donors (Lipinski definition) is 3. The van der Waals surface area contributed by atoms with Gasteiger partial charge in [0.25, 0.3) is 0 Å². The lowest BCUT2D eigenvalue weighted by Crippen LogP contribution is -2.33. The summed E-state index contributed by atoms with van der Waals surface area (Å²) in [6.45, 7) is 4.53. The molecule has 2 unspecified atom stereocenters. The van der Waals surface area contributed by atoms with Crippen LogP contribution in [0.5, 0.6) is 5.75 Å². The topological polar surface area (TPSA) is 52.5 Å². The van der Waals surface area contributed by atoms with E-state index in [1.165, 1.54) is 0 Å². The van der Waals surface area contributed by atoms with Crippen molar-refractivity contribution in [3.8, 4) is 5.75 Å². The third-order valence-electron chi connectivity index (χ3n) is 3.66. The predicted molar refractivity (Wildman–Crippen MR) is 85.2 cm³/mol. The van der Waals surface area contributed by atoms with Crippen molar-refractivity contribution in [1.82, 2.24) is 5.32 Å². The van der Waals surface area contributed by atoms with Crippen LogP contribution in [0.3, 0.4) is 0 Å². The molecule has 0 aliphatic rings. The molecule has 112 valence electrons. The van der Waals surface area contributed by atoms with Gasteiger partial charge in [-0.2, -0.15) is 0 Å². The predicted octanol–water partition coefficient (Wildman–Crippen LogP) is 3.09. The minimum Gasteiger partial charge on any atom is -0.508 e. The number of rotatable bonds is 6. The summed E-state index contributed by atoms with van der Waals surface area (Å²) >= 11 is 0. The zero-order chi connectivity index (χ0) is 15.2. The number of phenolic OH excluding ortho intramolecular Hbond substituents is 1. The van der Waals surface area contributed by atoms with E-state index in [1.54, 1.807) is 12.1 Å². The second-order valence-electron chi connectivity index (χ2n) is 5.65. The quantitative estimate of drug-likeness (QED) is 0.764. The van der Waals surface area contributed by atoms with E-state index in [9.17, 15) is 10.2 Å². The van der Waals surface area contributed by atoms with Gasteiger partial charge in [-0.3, -0.25) is 0 Å². The molecule has 2 aromatic carbocycles. The zero-order valence-corrected chi connectivity index (χ0v) is 12.5. The molecule has 3 nitrogen and oxygen atoms in total. The van der Waals surface area contributed by atoms with Gasteiger partial charge in [0.2, 0.25) is 0 Å². The Kier molecular flexibility index (Phi) is 5.37. The Morgan fingerprint density at radius 2 is 1.48 bits per heavy atom. The molecule has 3 heteroatoms. The summed E-state index contributed by atoms with van der Waals surface area (Å²) in [6.07, 6.45) is -0.381. The Morgan fingerprint density at radius 3 is 2.05 bits per heavy atom. The van der Waals surface area contributed by atoms with Crippen molar-refractivity contribution in [3.05, 3.63) is 65.7 Å². The van der Waals surface area contributed by atoms with Crippen molar-refractivity contribution in [2.24, 2.45) is 5.92 Å². The molecule has 21 heavy (non-hydrogen) atoms. The molecule has 0 aliphatic carbocycles. The number of hydrogen-bond acceptors (Lipinski definition) is 3. The van der Waals surface area contributed by atoms with Gasteiger partial charge in [0, 0.05) is 6.54 Å². The average Bonchev–Trinajstić information content (AvgIpc) is 2.50. The van der Waals surface area contributed by atoms with E-state index in [4.69, 9.17) is 0 Å². The first-order valence-electron chi connectivity index (χ1n) is 7.33. The third-order valence-corrected chi connectivity index (χ3v) is 3.66. The second-order valence-corrected chi connectivity index (χ2v) is 5.65. The highest BCUT2D eigenvalue weighted by atomic mass is 16.3. The van der Waals surface area contributed by atoms with Crippen LogP contribution in [0, 0.1) is 5.92 Å². The Hall–Kier alpha value is -1.84. The molecule has 0 spiro atoms. The van der Waals surface area contributed by atoms with Gasteiger partial charge in [-0.15, -0.1) is 0 Å². The number of nitrogens with one attached hydrogen (secondary N) is 1. The molecule has 0 heterocycles. The van der Waals surface area contributed by atoms with Crippen molar-refractivity contribution < 1.29 is 10.2 Å². The molecular weight excluding hydrogens is 262 g/mol. The lowest BCUT2D eigenvalue weighted by atomic mass is 9.97. The molecule has 0 amide bonds. The number of benzene rings is 2. The molecule has 0 aliphatic heterocycles. The van der Waals surface area contributed by atoms with Gasteiger partial charge in [0.1, 0.15) is 5.75 Å². The van der Waals surface area contributed by atoms with E-state index in [-0.39, 0.29) is 23.8 Å². The van der Waals surface area contributed by atoms with Crippen molar-refractivity contribution in [3.63, 3.8) is 0 Å². The largest absolute Gasteiger partial charge is 0.508 e. The first-order chi connectivity index (χ1) is 10.1. The number of aromatic hydroxyl groups is 1. The normalized spacial score (nSPS) is 14.1. The van der Waals surface area contributed by atoms with E-state index >= 15 is 0 Å². The highest BCUT2D eigenvalue weighted by Crippen LogP contribution is 2.23. The monoisotopic (exact) mass is 285 g/mol. The van der Waals surface area contributed by atoms with E-state index in [1.807, 2.05) is 44.2 Å².